The Hall–Kier alpha value is -1.62. The minimum Gasteiger partial charge on any atom is -0.364 e. The van der Waals surface area contributed by atoms with Crippen LogP contribution in [0.15, 0.2) is 18.2 Å². The van der Waals surface area contributed by atoms with Crippen molar-refractivity contribution >= 4 is 11.7 Å². The molecule has 0 aromatic carbocycles. The molecule has 0 saturated carbocycles. The summed E-state index contributed by atoms with van der Waals surface area (Å²) in [4.78, 5) is 17.7. The van der Waals surface area contributed by atoms with Crippen molar-refractivity contribution in [1.82, 2.24) is 10.3 Å². The summed E-state index contributed by atoms with van der Waals surface area (Å²) in [6.07, 6.45) is 0. The van der Waals surface area contributed by atoms with E-state index in [4.69, 9.17) is 5.73 Å². The summed E-state index contributed by atoms with van der Waals surface area (Å²) in [6.45, 7) is 4.23. The van der Waals surface area contributed by atoms with Gasteiger partial charge in [0.2, 0.25) is 0 Å². The first-order valence-corrected chi connectivity index (χ1v) is 5.96. The summed E-state index contributed by atoms with van der Waals surface area (Å²) in [7, 11) is 0. The van der Waals surface area contributed by atoms with Crippen molar-refractivity contribution in [1.29, 1.82) is 0 Å². The van der Waals surface area contributed by atoms with E-state index in [1.807, 2.05) is 12.1 Å². The Morgan fingerprint density at radius 3 is 2.71 bits per heavy atom. The van der Waals surface area contributed by atoms with Gasteiger partial charge in [-0.2, -0.15) is 0 Å². The molecular formula is C12H16N4O. The molecule has 0 spiro atoms. The third kappa shape index (κ3) is 1.86. The molecule has 5 nitrogen and oxygen atoms in total. The highest BCUT2D eigenvalue weighted by Gasteiger charge is 2.36. The molecule has 2 aliphatic heterocycles. The lowest BCUT2D eigenvalue weighted by Gasteiger charge is -2.18. The quantitative estimate of drug-likeness (QED) is 0.743. The topological polar surface area (TPSA) is 71.2 Å². The number of nitrogens with zero attached hydrogens (tertiary/aromatic N) is 2. The minimum atomic E-state index is -0.465. The van der Waals surface area contributed by atoms with Gasteiger partial charge in [0.1, 0.15) is 11.5 Å². The number of anilines is 1. The molecule has 0 bridgehead atoms. The van der Waals surface area contributed by atoms with Crippen LogP contribution in [0.3, 0.4) is 0 Å². The largest absolute Gasteiger partial charge is 0.364 e. The van der Waals surface area contributed by atoms with Crippen molar-refractivity contribution in [2.75, 3.05) is 31.1 Å². The zero-order valence-electron chi connectivity index (χ0n) is 9.60. The number of fused-ring (bicyclic) bond motifs is 1. The number of nitrogens with two attached hydrogens (primary N) is 1. The molecule has 2 aliphatic rings. The van der Waals surface area contributed by atoms with Crippen LogP contribution < -0.4 is 16.0 Å². The number of amides is 1. The van der Waals surface area contributed by atoms with Crippen molar-refractivity contribution in [3.05, 3.63) is 23.9 Å². The first-order valence-electron chi connectivity index (χ1n) is 5.96. The fourth-order valence-electron chi connectivity index (χ4n) is 2.78. The van der Waals surface area contributed by atoms with E-state index in [2.05, 4.69) is 15.2 Å². The minimum absolute atomic E-state index is 0.345. The molecule has 1 aromatic rings. The van der Waals surface area contributed by atoms with E-state index in [1.165, 1.54) is 0 Å². The molecule has 0 radical (unpaired) electrons. The second-order valence-corrected chi connectivity index (χ2v) is 4.83. The molecule has 1 amide bonds. The molecule has 17 heavy (non-hydrogen) atoms. The Kier molecular flexibility index (Phi) is 2.48. The molecule has 3 N–H and O–H groups in total. The first-order chi connectivity index (χ1) is 8.24. The molecule has 5 heteroatoms. The summed E-state index contributed by atoms with van der Waals surface area (Å²) in [5.74, 6) is 1.84. The predicted octanol–water partition coefficient (Wildman–Crippen LogP) is -0.164. The molecular weight excluding hydrogens is 216 g/mol. The van der Waals surface area contributed by atoms with Crippen LogP contribution in [-0.2, 0) is 0 Å². The van der Waals surface area contributed by atoms with Gasteiger partial charge in [-0.25, -0.2) is 4.98 Å². The Labute approximate surface area is 100 Å². The fourth-order valence-corrected chi connectivity index (χ4v) is 2.78. The maximum absolute atomic E-state index is 11.1. The Morgan fingerprint density at radius 1 is 1.35 bits per heavy atom. The second kappa shape index (κ2) is 4.00. The van der Waals surface area contributed by atoms with Crippen LogP contribution in [0.4, 0.5) is 5.82 Å². The predicted molar refractivity (Wildman–Crippen MR) is 64.8 cm³/mol. The number of carbonyl (C=O) groups is 1. The van der Waals surface area contributed by atoms with E-state index in [1.54, 1.807) is 6.07 Å². The highest BCUT2D eigenvalue weighted by molar-refractivity contribution is 5.91. The van der Waals surface area contributed by atoms with Gasteiger partial charge >= 0.3 is 0 Å². The van der Waals surface area contributed by atoms with Crippen molar-refractivity contribution in [3.8, 4) is 0 Å². The third-order valence-electron chi connectivity index (χ3n) is 3.70. The van der Waals surface area contributed by atoms with Gasteiger partial charge < -0.3 is 16.0 Å². The number of nitrogens with one attached hydrogen (secondary N) is 1. The average Bonchev–Trinajstić information content (AvgIpc) is 2.89. The summed E-state index contributed by atoms with van der Waals surface area (Å²) in [5.41, 5.74) is 5.59. The number of primary amides is 1. The van der Waals surface area contributed by atoms with Crippen LogP contribution in [0.2, 0.25) is 0 Å². The normalized spacial score (nSPS) is 27.2. The molecule has 3 rings (SSSR count). The number of hydrogen-bond donors (Lipinski definition) is 2. The maximum atomic E-state index is 11.1. The van der Waals surface area contributed by atoms with Gasteiger partial charge in [0.15, 0.2) is 0 Å². The lowest BCUT2D eigenvalue weighted by Crippen LogP contribution is -2.27. The zero-order valence-corrected chi connectivity index (χ0v) is 9.60. The van der Waals surface area contributed by atoms with E-state index in [0.717, 1.165) is 32.0 Å². The van der Waals surface area contributed by atoms with Crippen molar-refractivity contribution in [2.45, 2.75) is 0 Å². The van der Waals surface area contributed by atoms with E-state index < -0.39 is 5.91 Å². The number of pyridine rings is 1. The van der Waals surface area contributed by atoms with Crippen molar-refractivity contribution in [3.63, 3.8) is 0 Å². The molecule has 2 unspecified atom stereocenters. The molecule has 1 aromatic heterocycles. The van der Waals surface area contributed by atoms with E-state index >= 15 is 0 Å². The number of hydrogen-bond acceptors (Lipinski definition) is 4. The van der Waals surface area contributed by atoms with Gasteiger partial charge in [0.05, 0.1) is 0 Å². The molecule has 0 aliphatic carbocycles. The third-order valence-corrected chi connectivity index (χ3v) is 3.70. The van der Waals surface area contributed by atoms with Crippen LogP contribution in [0.1, 0.15) is 10.5 Å². The van der Waals surface area contributed by atoms with E-state index in [-0.39, 0.29) is 0 Å². The summed E-state index contributed by atoms with van der Waals surface area (Å²) >= 11 is 0. The number of aromatic nitrogens is 1. The lowest BCUT2D eigenvalue weighted by molar-refractivity contribution is 0.0995. The van der Waals surface area contributed by atoms with Gasteiger partial charge in [-0.05, 0) is 24.0 Å². The van der Waals surface area contributed by atoms with Crippen LogP contribution in [0.25, 0.3) is 0 Å². The second-order valence-electron chi connectivity index (χ2n) is 4.83. The molecule has 2 fully saturated rings. The zero-order chi connectivity index (χ0) is 11.8. The summed E-state index contributed by atoms with van der Waals surface area (Å²) in [6, 6.07) is 5.44. The Balaban J connectivity index is 1.81. The lowest BCUT2D eigenvalue weighted by atomic mass is 10.0. The highest BCUT2D eigenvalue weighted by atomic mass is 16.1. The fraction of sp³-hybridized carbons (Fsp3) is 0.500. The molecule has 90 valence electrons. The molecule has 3 heterocycles. The van der Waals surface area contributed by atoms with Crippen LogP contribution >= 0.6 is 0 Å². The Bertz CT molecular complexity index is 436. The van der Waals surface area contributed by atoms with E-state index in [9.17, 15) is 4.79 Å². The maximum Gasteiger partial charge on any atom is 0.267 e. The van der Waals surface area contributed by atoms with Gasteiger partial charge in [-0.15, -0.1) is 0 Å². The Morgan fingerprint density at radius 2 is 2.06 bits per heavy atom. The van der Waals surface area contributed by atoms with Crippen LogP contribution in [0, 0.1) is 11.8 Å². The standard InChI is InChI=1S/C12H16N4O/c13-12(17)10-2-1-3-11(15-10)16-6-8-4-14-5-9(8)7-16/h1-3,8-9,14H,4-7H2,(H2,13,17). The van der Waals surface area contributed by atoms with Crippen LogP contribution in [0.5, 0.6) is 0 Å². The number of rotatable bonds is 2. The highest BCUT2D eigenvalue weighted by Crippen LogP contribution is 2.29. The van der Waals surface area contributed by atoms with Crippen molar-refractivity contribution < 1.29 is 4.79 Å². The monoisotopic (exact) mass is 232 g/mol. The number of carbonyl (C=O) groups excluding carboxylic acids is 1. The smallest absolute Gasteiger partial charge is 0.267 e. The van der Waals surface area contributed by atoms with Gasteiger partial charge in [0, 0.05) is 26.2 Å². The first kappa shape index (κ1) is 10.5. The van der Waals surface area contributed by atoms with Crippen LogP contribution in [-0.4, -0.2) is 37.1 Å². The summed E-state index contributed by atoms with van der Waals surface area (Å²) in [5, 5.41) is 3.40. The van der Waals surface area contributed by atoms with Gasteiger partial charge in [0.25, 0.3) is 5.91 Å². The molecule has 2 atom stereocenters. The van der Waals surface area contributed by atoms with Gasteiger partial charge in [-0.1, -0.05) is 6.07 Å². The van der Waals surface area contributed by atoms with Crippen molar-refractivity contribution in [2.24, 2.45) is 17.6 Å². The molecule has 2 saturated heterocycles. The van der Waals surface area contributed by atoms with E-state index in [0.29, 0.717) is 17.5 Å². The summed E-state index contributed by atoms with van der Waals surface area (Å²) < 4.78 is 0. The van der Waals surface area contributed by atoms with Gasteiger partial charge in [-0.3, -0.25) is 4.79 Å². The average molecular weight is 232 g/mol. The SMILES string of the molecule is NC(=O)c1cccc(N2CC3CNCC3C2)n1.